The van der Waals surface area contributed by atoms with Gasteiger partial charge in [-0.3, -0.25) is 0 Å². The molecular formula is C20H18BrNO2. The Kier molecular flexibility index (Phi) is 4.41. The fourth-order valence-electron chi connectivity index (χ4n) is 2.38. The van der Waals surface area contributed by atoms with Crippen molar-refractivity contribution < 1.29 is 9.53 Å². The van der Waals surface area contributed by atoms with E-state index in [1.165, 1.54) is 5.56 Å². The molecule has 0 saturated heterocycles. The van der Waals surface area contributed by atoms with E-state index in [2.05, 4.69) is 41.7 Å². The Morgan fingerprint density at radius 3 is 2.33 bits per heavy atom. The van der Waals surface area contributed by atoms with Crippen molar-refractivity contribution >= 4 is 33.9 Å². The summed E-state index contributed by atoms with van der Waals surface area (Å²) in [6.45, 7) is 6.48. The second-order valence-electron chi connectivity index (χ2n) is 6.68. The van der Waals surface area contributed by atoms with E-state index < -0.39 is 5.97 Å². The van der Waals surface area contributed by atoms with Gasteiger partial charge in [-0.2, -0.15) is 0 Å². The molecule has 2 aromatic rings. The van der Waals surface area contributed by atoms with Gasteiger partial charge in [0.05, 0.1) is 0 Å². The number of aliphatic imine (C=N–C) groups is 1. The third-order valence-corrected chi connectivity index (χ3v) is 4.54. The Labute approximate surface area is 150 Å². The maximum atomic E-state index is 12.1. The lowest BCUT2D eigenvalue weighted by Crippen LogP contribution is -2.11. The molecule has 1 heterocycles. The lowest BCUT2D eigenvalue weighted by Gasteiger charge is -2.18. The summed E-state index contributed by atoms with van der Waals surface area (Å²) in [5.74, 6) is -0.0839. The minimum Gasteiger partial charge on any atom is -0.402 e. The Morgan fingerprint density at radius 2 is 1.71 bits per heavy atom. The molecule has 0 radical (unpaired) electrons. The summed E-state index contributed by atoms with van der Waals surface area (Å²) in [5.41, 5.74) is 3.29. The molecule has 0 aromatic heterocycles. The van der Waals surface area contributed by atoms with Crippen LogP contribution in [0.5, 0.6) is 0 Å². The number of cyclic esters (lactones) is 1. The first-order valence-corrected chi connectivity index (χ1v) is 8.52. The number of rotatable bonds is 2. The SMILES string of the molecule is CC(C)(C)c1ccc(C2=N/C(=C\c3ccccc3Br)C(=O)O2)cc1. The molecule has 0 spiro atoms. The van der Waals surface area contributed by atoms with Gasteiger partial charge in [0.1, 0.15) is 0 Å². The van der Waals surface area contributed by atoms with Crippen LogP contribution in [-0.4, -0.2) is 11.9 Å². The Balaban J connectivity index is 1.91. The number of hydrogen-bond acceptors (Lipinski definition) is 3. The predicted octanol–water partition coefficient (Wildman–Crippen LogP) is 5.09. The number of esters is 1. The first-order valence-electron chi connectivity index (χ1n) is 7.72. The van der Waals surface area contributed by atoms with Gasteiger partial charge in [-0.1, -0.05) is 67.0 Å². The van der Waals surface area contributed by atoms with Gasteiger partial charge in [-0.25, -0.2) is 9.79 Å². The van der Waals surface area contributed by atoms with Crippen molar-refractivity contribution in [1.82, 2.24) is 0 Å². The van der Waals surface area contributed by atoms with Gasteiger partial charge in [0.25, 0.3) is 0 Å². The first kappa shape index (κ1) is 16.7. The molecule has 1 aliphatic rings. The highest BCUT2D eigenvalue weighted by Crippen LogP contribution is 2.25. The summed E-state index contributed by atoms with van der Waals surface area (Å²) in [6.07, 6.45) is 1.73. The van der Waals surface area contributed by atoms with E-state index in [9.17, 15) is 4.79 Å². The average Bonchev–Trinajstić information content (AvgIpc) is 2.90. The van der Waals surface area contributed by atoms with Crippen LogP contribution < -0.4 is 0 Å². The van der Waals surface area contributed by atoms with Crippen LogP contribution in [0.3, 0.4) is 0 Å². The predicted molar refractivity (Wildman–Crippen MR) is 99.9 cm³/mol. The van der Waals surface area contributed by atoms with E-state index in [0.29, 0.717) is 11.6 Å². The van der Waals surface area contributed by atoms with Crippen molar-refractivity contribution in [2.75, 3.05) is 0 Å². The van der Waals surface area contributed by atoms with E-state index >= 15 is 0 Å². The molecule has 4 heteroatoms. The number of nitrogens with zero attached hydrogens (tertiary/aromatic N) is 1. The summed E-state index contributed by atoms with van der Waals surface area (Å²) in [5, 5.41) is 0. The van der Waals surface area contributed by atoms with E-state index in [0.717, 1.165) is 15.6 Å². The Bertz CT molecular complexity index is 843. The fourth-order valence-corrected chi connectivity index (χ4v) is 2.78. The highest BCUT2D eigenvalue weighted by Gasteiger charge is 2.24. The van der Waals surface area contributed by atoms with Crippen molar-refractivity contribution in [2.24, 2.45) is 4.99 Å². The fraction of sp³-hybridized carbons (Fsp3) is 0.200. The molecule has 0 saturated carbocycles. The molecule has 3 nitrogen and oxygen atoms in total. The number of hydrogen-bond donors (Lipinski definition) is 0. The lowest BCUT2D eigenvalue weighted by atomic mass is 9.87. The molecule has 0 amide bonds. The monoisotopic (exact) mass is 383 g/mol. The van der Waals surface area contributed by atoms with Crippen LogP contribution >= 0.6 is 15.9 Å². The number of carbonyl (C=O) groups is 1. The van der Waals surface area contributed by atoms with Crippen LogP contribution in [0.1, 0.15) is 37.5 Å². The number of halogens is 1. The minimum atomic E-state index is -0.430. The van der Waals surface area contributed by atoms with Gasteiger partial charge in [-0.15, -0.1) is 0 Å². The average molecular weight is 384 g/mol. The van der Waals surface area contributed by atoms with Crippen molar-refractivity contribution in [3.63, 3.8) is 0 Å². The molecule has 0 fully saturated rings. The summed E-state index contributed by atoms with van der Waals surface area (Å²) >= 11 is 3.46. The highest BCUT2D eigenvalue weighted by atomic mass is 79.9. The highest BCUT2D eigenvalue weighted by molar-refractivity contribution is 9.10. The van der Waals surface area contributed by atoms with Gasteiger partial charge >= 0.3 is 5.97 Å². The van der Waals surface area contributed by atoms with Crippen LogP contribution in [0.15, 0.2) is 63.7 Å². The quantitative estimate of drug-likeness (QED) is 0.534. The smallest absolute Gasteiger partial charge is 0.363 e. The van der Waals surface area contributed by atoms with Crippen molar-refractivity contribution in [3.05, 3.63) is 75.4 Å². The van der Waals surface area contributed by atoms with E-state index in [-0.39, 0.29) is 5.41 Å². The molecule has 122 valence electrons. The second-order valence-corrected chi connectivity index (χ2v) is 7.54. The zero-order valence-electron chi connectivity index (χ0n) is 13.8. The van der Waals surface area contributed by atoms with Crippen molar-refractivity contribution in [3.8, 4) is 0 Å². The van der Waals surface area contributed by atoms with Crippen LogP contribution in [0.4, 0.5) is 0 Å². The van der Waals surface area contributed by atoms with E-state index in [4.69, 9.17) is 4.74 Å². The third-order valence-electron chi connectivity index (χ3n) is 3.82. The van der Waals surface area contributed by atoms with Crippen LogP contribution in [0.25, 0.3) is 6.08 Å². The van der Waals surface area contributed by atoms with Crippen molar-refractivity contribution in [1.29, 1.82) is 0 Å². The minimum absolute atomic E-state index is 0.0807. The number of carbonyl (C=O) groups excluding carboxylic acids is 1. The molecule has 2 aromatic carbocycles. The zero-order valence-corrected chi connectivity index (χ0v) is 15.4. The van der Waals surface area contributed by atoms with Crippen molar-refractivity contribution in [2.45, 2.75) is 26.2 Å². The van der Waals surface area contributed by atoms with E-state index in [1.807, 2.05) is 48.5 Å². The second kappa shape index (κ2) is 6.36. The maximum Gasteiger partial charge on any atom is 0.363 e. The Hall–Kier alpha value is -2.20. The maximum absolute atomic E-state index is 12.1. The molecule has 0 bridgehead atoms. The van der Waals surface area contributed by atoms with Gasteiger partial charge < -0.3 is 4.74 Å². The van der Waals surface area contributed by atoms with Gasteiger partial charge in [0.2, 0.25) is 5.90 Å². The Morgan fingerprint density at radius 1 is 1.04 bits per heavy atom. The molecule has 0 N–H and O–H groups in total. The summed E-state index contributed by atoms with van der Waals surface area (Å²) < 4.78 is 6.23. The summed E-state index contributed by atoms with van der Waals surface area (Å²) in [7, 11) is 0. The molecule has 0 unspecified atom stereocenters. The molecule has 0 atom stereocenters. The third kappa shape index (κ3) is 3.49. The summed E-state index contributed by atoms with van der Waals surface area (Å²) in [6, 6.07) is 15.6. The van der Waals surface area contributed by atoms with Gasteiger partial charge in [0, 0.05) is 10.0 Å². The lowest BCUT2D eigenvalue weighted by molar-refractivity contribution is -0.129. The van der Waals surface area contributed by atoms with Crippen LogP contribution in [0, 0.1) is 0 Å². The summed E-state index contributed by atoms with van der Waals surface area (Å²) in [4.78, 5) is 16.4. The first-order chi connectivity index (χ1) is 11.3. The van der Waals surface area contributed by atoms with Crippen LogP contribution in [-0.2, 0) is 14.9 Å². The zero-order chi connectivity index (χ0) is 17.3. The number of benzene rings is 2. The topological polar surface area (TPSA) is 38.7 Å². The number of ether oxygens (including phenoxy) is 1. The molecule has 24 heavy (non-hydrogen) atoms. The van der Waals surface area contributed by atoms with Gasteiger partial charge in [0.15, 0.2) is 5.70 Å². The van der Waals surface area contributed by atoms with Crippen LogP contribution in [0.2, 0.25) is 0 Å². The molecule has 3 rings (SSSR count). The molecule has 1 aliphatic heterocycles. The van der Waals surface area contributed by atoms with Gasteiger partial charge in [-0.05, 0) is 40.8 Å². The normalized spacial score (nSPS) is 16.2. The van der Waals surface area contributed by atoms with E-state index in [1.54, 1.807) is 6.08 Å². The molecule has 0 aliphatic carbocycles. The molecular weight excluding hydrogens is 366 g/mol. The standard InChI is InChI=1S/C20H18BrNO2/c1-20(2,3)15-10-8-13(9-11-15)18-22-17(19(23)24-18)12-14-6-4-5-7-16(14)21/h4-12H,1-3H3/b17-12-. The largest absolute Gasteiger partial charge is 0.402 e.